The molecule has 2 aromatic rings. The Labute approximate surface area is 132 Å². The highest BCUT2D eigenvalue weighted by atomic mass is 16.1. The normalized spacial score (nSPS) is 11.1. The van der Waals surface area contributed by atoms with Gasteiger partial charge in [0, 0.05) is 12.5 Å². The van der Waals surface area contributed by atoms with E-state index in [0.29, 0.717) is 6.54 Å². The van der Waals surface area contributed by atoms with E-state index in [-0.39, 0.29) is 11.8 Å². The molecule has 1 aromatic heterocycles. The number of carbonyl (C=O) groups excluding carboxylic acids is 1. The number of amides is 1. The summed E-state index contributed by atoms with van der Waals surface area (Å²) in [5, 5.41) is 3.02. The van der Waals surface area contributed by atoms with Gasteiger partial charge in [-0.3, -0.25) is 4.79 Å². The van der Waals surface area contributed by atoms with Crippen LogP contribution in [0.25, 0.3) is 11.0 Å². The molecule has 0 saturated carbocycles. The van der Waals surface area contributed by atoms with Gasteiger partial charge >= 0.3 is 0 Å². The molecular weight excluding hydrogens is 274 g/mol. The SMILES string of the molecule is C=C(C)Cn1c(CNC(=O)C(CC)CC)nc2ccccc21. The van der Waals surface area contributed by atoms with Gasteiger partial charge in [0.05, 0.1) is 17.6 Å². The molecule has 0 atom stereocenters. The second-order valence-electron chi connectivity index (χ2n) is 5.79. The first-order valence-electron chi connectivity index (χ1n) is 7.93. The molecule has 118 valence electrons. The largest absolute Gasteiger partial charge is 0.349 e. The Kier molecular flexibility index (Phi) is 5.36. The molecule has 0 aliphatic rings. The fourth-order valence-electron chi connectivity index (χ4n) is 2.68. The van der Waals surface area contributed by atoms with Gasteiger partial charge in [-0.2, -0.15) is 0 Å². The summed E-state index contributed by atoms with van der Waals surface area (Å²) >= 11 is 0. The number of carbonyl (C=O) groups is 1. The Morgan fingerprint density at radius 3 is 2.64 bits per heavy atom. The fourth-order valence-corrected chi connectivity index (χ4v) is 2.68. The van der Waals surface area contributed by atoms with Gasteiger partial charge in [-0.1, -0.05) is 38.1 Å². The van der Waals surface area contributed by atoms with Crippen LogP contribution in [-0.2, 0) is 17.9 Å². The van der Waals surface area contributed by atoms with Crippen molar-refractivity contribution in [1.82, 2.24) is 14.9 Å². The third-order valence-electron chi connectivity index (χ3n) is 3.94. The monoisotopic (exact) mass is 299 g/mol. The topological polar surface area (TPSA) is 46.9 Å². The third kappa shape index (κ3) is 3.56. The number of rotatable bonds is 7. The van der Waals surface area contributed by atoms with Gasteiger partial charge in [-0.25, -0.2) is 4.98 Å². The Morgan fingerprint density at radius 2 is 2.00 bits per heavy atom. The van der Waals surface area contributed by atoms with E-state index in [9.17, 15) is 4.79 Å². The highest BCUT2D eigenvalue weighted by Crippen LogP contribution is 2.17. The van der Waals surface area contributed by atoms with Crippen molar-refractivity contribution in [1.29, 1.82) is 0 Å². The number of aromatic nitrogens is 2. The van der Waals surface area contributed by atoms with Crippen LogP contribution in [0, 0.1) is 5.92 Å². The predicted molar refractivity (Wildman–Crippen MR) is 90.5 cm³/mol. The lowest BCUT2D eigenvalue weighted by molar-refractivity contribution is -0.125. The summed E-state index contributed by atoms with van der Waals surface area (Å²) in [6.45, 7) is 11.3. The summed E-state index contributed by atoms with van der Waals surface area (Å²) in [4.78, 5) is 16.8. The molecule has 0 aliphatic heterocycles. The molecule has 1 N–H and O–H groups in total. The first kappa shape index (κ1) is 16.3. The van der Waals surface area contributed by atoms with E-state index in [1.165, 1.54) is 0 Å². The third-order valence-corrected chi connectivity index (χ3v) is 3.94. The number of allylic oxidation sites excluding steroid dienone is 1. The zero-order valence-corrected chi connectivity index (χ0v) is 13.7. The number of para-hydroxylation sites is 2. The Bertz CT molecular complexity index is 668. The molecule has 4 heteroatoms. The first-order chi connectivity index (χ1) is 10.6. The van der Waals surface area contributed by atoms with E-state index in [4.69, 9.17) is 0 Å². The van der Waals surface area contributed by atoms with Crippen LogP contribution in [0.3, 0.4) is 0 Å². The van der Waals surface area contributed by atoms with Gasteiger partial charge in [0.2, 0.25) is 5.91 Å². The maximum Gasteiger partial charge on any atom is 0.223 e. The summed E-state index contributed by atoms with van der Waals surface area (Å²) < 4.78 is 2.13. The molecule has 0 spiro atoms. The maximum atomic E-state index is 12.2. The van der Waals surface area contributed by atoms with Crippen LogP contribution >= 0.6 is 0 Å². The van der Waals surface area contributed by atoms with Crippen LogP contribution in [0.4, 0.5) is 0 Å². The Morgan fingerprint density at radius 1 is 1.32 bits per heavy atom. The van der Waals surface area contributed by atoms with Gasteiger partial charge < -0.3 is 9.88 Å². The van der Waals surface area contributed by atoms with E-state index < -0.39 is 0 Å². The molecule has 0 fully saturated rings. The van der Waals surface area contributed by atoms with Crippen molar-refractivity contribution in [2.24, 2.45) is 5.92 Å². The van der Waals surface area contributed by atoms with Crippen molar-refractivity contribution in [3.05, 3.63) is 42.2 Å². The van der Waals surface area contributed by atoms with Crippen LogP contribution < -0.4 is 5.32 Å². The van der Waals surface area contributed by atoms with Gasteiger partial charge in [0.25, 0.3) is 0 Å². The summed E-state index contributed by atoms with van der Waals surface area (Å²) in [6.07, 6.45) is 1.73. The van der Waals surface area contributed by atoms with E-state index in [0.717, 1.165) is 41.8 Å². The highest BCUT2D eigenvalue weighted by molar-refractivity contribution is 5.79. The molecule has 1 aromatic carbocycles. The van der Waals surface area contributed by atoms with Crippen LogP contribution in [0.2, 0.25) is 0 Å². The molecule has 1 heterocycles. The van der Waals surface area contributed by atoms with E-state index in [1.807, 2.05) is 39.0 Å². The number of imidazole rings is 1. The number of fused-ring (bicyclic) bond motifs is 1. The number of benzene rings is 1. The molecule has 0 saturated heterocycles. The zero-order chi connectivity index (χ0) is 16.1. The molecule has 4 nitrogen and oxygen atoms in total. The quantitative estimate of drug-likeness (QED) is 0.793. The van der Waals surface area contributed by atoms with Crippen molar-refractivity contribution in [3.8, 4) is 0 Å². The predicted octanol–water partition coefficient (Wildman–Crippen LogP) is 3.66. The van der Waals surface area contributed by atoms with Crippen LogP contribution in [0.15, 0.2) is 36.4 Å². The van der Waals surface area contributed by atoms with Crippen molar-refractivity contribution >= 4 is 16.9 Å². The van der Waals surface area contributed by atoms with Crippen molar-refractivity contribution < 1.29 is 4.79 Å². The summed E-state index contributed by atoms with van der Waals surface area (Å²) in [5.74, 6) is 1.07. The minimum Gasteiger partial charge on any atom is -0.349 e. The van der Waals surface area contributed by atoms with Crippen molar-refractivity contribution in [3.63, 3.8) is 0 Å². The summed E-state index contributed by atoms with van der Waals surface area (Å²) in [7, 11) is 0. The Hall–Kier alpha value is -2.10. The zero-order valence-electron chi connectivity index (χ0n) is 13.7. The Balaban J connectivity index is 2.23. The lowest BCUT2D eigenvalue weighted by atomic mass is 10.0. The molecule has 2 rings (SSSR count). The van der Waals surface area contributed by atoms with E-state index in [2.05, 4.69) is 27.5 Å². The lowest BCUT2D eigenvalue weighted by Crippen LogP contribution is -2.30. The second-order valence-corrected chi connectivity index (χ2v) is 5.79. The number of nitrogens with one attached hydrogen (secondary N) is 1. The molecule has 1 amide bonds. The van der Waals surface area contributed by atoms with Crippen LogP contribution in [0.5, 0.6) is 0 Å². The molecule has 0 bridgehead atoms. The van der Waals surface area contributed by atoms with Crippen LogP contribution in [-0.4, -0.2) is 15.5 Å². The average Bonchev–Trinajstić information content (AvgIpc) is 2.84. The fraction of sp³-hybridized carbons (Fsp3) is 0.444. The molecular formula is C18H25N3O. The lowest BCUT2D eigenvalue weighted by Gasteiger charge is -2.14. The molecule has 22 heavy (non-hydrogen) atoms. The summed E-state index contributed by atoms with van der Waals surface area (Å²) in [6, 6.07) is 8.03. The second kappa shape index (κ2) is 7.25. The highest BCUT2D eigenvalue weighted by Gasteiger charge is 2.16. The standard InChI is InChI=1S/C18H25N3O/c1-5-14(6-2)18(22)19-11-17-20-15-9-7-8-10-16(15)21(17)12-13(3)4/h7-10,14H,3,5-6,11-12H2,1-2,4H3,(H,19,22). The number of hydrogen-bond donors (Lipinski definition) is 1. The van der Waals surface area contributed by atoms with Crippen molar-refractivity contribution in [2.75, 3.05) is 0 Å². The van der Waals surface area contributed by atoms with Gasteiger partial charge in [0.15, 0.2) is 0 Å². The van der Waals surface area contributed by atoms with E-state index >= 15 is 0 Å². The van der Waals surface area contributed by atoms with E-state index in [1.54, 1.807) is 0 Å². The van der Waals surface area contributed by atoms with Gasteiger partial charge in [-0.05, 0) is 31.9 Å². The smallest absolute Gasteiger partial charge is 0.223 e. The minimum atomic E-state index is 0.0824. The van der Waals surface area contributed by atoms with Crippen LogP contribution in [0.1, 0.15) is 39.4 Å². The van der Waals surface area contributed by atoms with Gasteiger partial charge in [-0.15, -0.1) is 0 Å². The minimum absolute atomic E-state index is 0.0824. The molecule has 0 radical (unpaired) electrons. The van der Waals surface area contributed by atoms with Crippen molar-refractivity contribution in [2.45, 2.75) is 46.7 Å². The molecule has 0 unspecified atom stereocenters. The average molecular weight is 299 g/mol. The first-order valence-corrected chi connectivity index (χ1v) is 7.93. The van der Waals surface area contributed by atoms with Gasteiger partial charge in [0.1, 0.15) is 5.82 Å². The molecule has 0 aliphatic carbocycles. The number of nitrogens with zero attached hydrogens (tertiary/aromatic N) is 2. The maximum absolute atomic E-state index is 12.2. The number of hydrogen-bond acceptors (Lipinski definition) is 2. The summed E-state index contributed by atoms with van der Waals surface area (Å²) in [5.41, 5.74) is 3.10.